The fourth-order valence-corrected chi connectivity index (χ4v) is 5.08. The van der Waals surface area contributed by atoms with Crippen LogP contribution in [0.3, 0.4) is 0 Å². The lowest BCUT2D eigenvalue weighted by Gasteiger charge is -2.47. The third kappa shape index (κ3) is 3.84. The lowest BCUT2D eigenvalue weighted by molar-refractivity contribution is -0.114. The Hall–Kier alpha value is -3.31. The minimum atomic E-state index is -0.392. The summed E-state index contributed by atoms with van der Waals surface area (Å²) < 4.78 is 13.9. The maximum atomic E-state index is 13.9. The molecule has 1 saturated heterocycles. The molecule has 2 aromatic carbocycles. The average Bonchev–Trinajstić information content (AvgIpc) is 3.12. The van der Waals surface area contributed by atoms with Crippen LogP contribution in [0, 0.1) is 5.82 Å². The molecule has 0 radical (unpaired) electrons. The van der Waals surface area contributed by atoms with E-state index in [2.05, 4.69) is 41.1 Å². The Morgan fingerprint density at radius 3 is 2.75 bits per heavy atom. The molecule has 4 nitrogen and oxygen atoms in total. The molecule has 3 aromatic rings. The first kappa shape index (κ1) is 20.6. The molecule has 0 aliphatic carbocycles. The molecule has 2 aliphatic heterocycles. The lowest BCUT2D eigenvalue weighted by atomic mass is 9.82. The molecule has 3 heterocycles. The Morgan fingerprint density at radius 2 is 1.97 bits per heavy atom. The van der Waals surface area contributed by atoms with E-state index < -0.39 is 5.54 Å². The molecule has 0 unspecified atom stereocenters. The SMILES string of the molecule is C[C@@H]1C[C@]2(C=CC(=O)N2c2cccc(F)c2)CCN1Cc1cccc(-c2ccccn2)c1. The molecule has 1 amide bonds. The summed E-state index contributed by atoms with van der Waals surface area (Å²) in [5, 5.41) is 0. The van der Waals surface area contributed by atoms with E-state index in [0.29, 0.717) is 5.69 Å². The van der Waals surface area contributed by atoms with Gasteiger partial charge in [-0.2, -0.15) is 0 Å². The molecule has 1 aromatic heterocycles. The van der Waals surface area contributed by atoms with Crippen LogP contribution in [-0.2, 0) is 11.3 Å². The molecule has 5 heteroatoms. The van der Waals surface area contributed by atoms with Gasteiger partial charge in [0.15, 0.2) is 0 Å². The van der Waals surface area contributed by atoms with Gasteiger partial charge in [0.25, 0.3) is 5.91 Å². The fraction of sp³-hybridized carbons (Fsp3) is 0.259. The Kier molecular flexibility index (Phi) is 5.35. The molecule has 1 fully saturated rings. The molecule has 0 N–H and O–H groups in total. The smallest absolute Gasteiger partial charge is 0.251 e. The summed E-state index contributed by atoms with van der Waals surface area (Å²) in [4.78, 5) is 21.4. The predicted molar refractivity (Wildman–Crippen MR) is 125 cm³/mol. The van der Waals surface area contributed by atoms with Gasteiger partial charge in [0.05, 0.1) is 11.2 Å². The number of likely N-dealkylation sites (tertiary alicyclic amines) is 1. The van der Waals surface area contributed by atoms with Crippen LogP contribution in [0.25, 0.3) is 11.3 Å². The van der Waals surface area contributed by atoms with Crippen LogP contribution in [-0.4, -0.2) is 33.9 Å². The maximum Gasteiger partial charge on any atom is 0.251 e. The number of amides is 1. The maximum absolute atomic E-state index is 13.9. The van der Waals surface area contributed by atoms with Gasteiger partial charge in [-0.25, -0.2) is 4.39 Å². The van der Waals surface area contributed by atoms with Crippen molar-refractivity contribution in [1.29, 1.82) is 0 Å². The van der Waals surface area contributed by atoms with Gasteiger partial charge in [0, 0.05) is 42.7 Å². The van der Waals surface area contributed by atoms with Crippen molar-refractivity contribution in [3.63, 3.8) is 0 Å². The van der Waals surface area contributed by atoms with E-state index in [4.69, 9.17) is 0 Å². The first-order chi connectivity index (χ1) is 15.5. The fourth-order valence-electron chi connectivity index (χ4n) is 5.08. The highest BCUT2D eigenvalue weighted by molar-refractivity contribution is 6.06. The topological polar surface area (TPSA) is 36.4 Å². The van der Waals surface area contributed by atoms with Gasteiger partial charge in [0.1, 0.15) is 5.82 Å². The number of nitrogens with zero attached hydrogens (tertiary/aromatic N) is 3. The lowest BCUT2D eigenvalue weighted by Crippen LogP contribution is -2.56. The second kappa shape index (κ2) is 8.32. The summed E-state index contributed by atoms with van der Waals surface area (Å²) >= 11 is 0. The highest BCUT2D eigenvalue weighted by Crippen LogP contribution is 2.41. The highest BCUT2D eigenvalue weighted by Gasteiger charge is 2.46. The minimum Gasteiger partial charge on any atom is -0.299 e. The number of piperidine rings is 1. The summed E-state index contributed by atoms with van der Waals surface area (Å²) in [7, 11) is 0. The van der Waals surface area contributed by atoms with Gasteiger partial charge in [-0.1, -0.05) is 36.4 Å². The number of hydrogen-bond donors (Lipinski definition) is 0. The zero-order chi connectivity index (χ0) is 22.1. The largest absolute Gasteiger partial charge is 0.299 e. The second-order valence-electron chi connectivity index (χ2n) is 8.78. The third-order valence-electron chi connectivity index (χ3n) is 6.65. The normalized spacial score (nSPS) is 23.2. The number of anilines is 1. The van der Waals surface area contributed by atoms with Gasteiger partial charge < -0.3 is 0 Å². The van der Waals surface area contributed by atoms with Gasteiger partial charge in [-0.15, -0.1) is 0 Å². The third-order valence-corrected chi connectivity index (χ3v) is 6.65. The van der Waals surface area contributed by atoms with Crippen LogP contribution in [0.2, 0.25) is 0 Å². The molecule has 2 aliphatic rings. The van der Waals surface area contributed by atoms with Gasteiger partial charge in [-0.3, -0.25) is 19.6 Å². The van der Waals surface area contributed by atoms with Crippen LogP contribution >= 0.6 is 0 Å². The van der Waals surface area contributed by atoms with Crippen molar-refractivity contribution in [3.8, 4) is 11.3 Å². The summed E-state index contributed by atoms with van der Waals surface area (Å²) in [6, 6.07) is 21.1. The van der Waals surface area contributed by atoms with E-state index in [1.807, 2.05) is 36.5 Å². The van der Waals surface area contributed by atoms with Crippen LogP contribution in [0.1, 0.15) is 25.3 Å². The van der Waals surface area contributed by atoms with Gasteiger partial charge >= 0.3 is 0 Å². The standard InChI is InChI=1S/C27H26FN3O/c1-20-18-27(12-11-26(32)31(27)24-9-5-8-23(28)17-24)13-15-30(20)19-21-6-4-7-22(16-21)25-10-2-3-14-29-25/h2-12,14,16-17,20H,13,15,18-19H2,1H3/t20-,27+/m1/s1. The van der Waals surface area contributed by atoms with Crippen LogP contribution in [0.5, 0.6) is 0 Å². The van der Waals surface area contributed by atoms with Crippen molar-refractivity contribution in [3.05, 3.63) is 96.5 Å². The minimum absolute atomic E-state index is 0.0701. The van der Waals surface area contributed by atoms with E-state index >= 15 is 0 Å². The van der Waals surface area contributed by atoms with E-state index in [0.717, 1.165) is 37.2 Å². The zero-order valence-electron chi connectivity index (χ0n) is 18.1. The average molecular weight is 428 g/mol. The van der Waals surface area contributed by atoms with Crippen LogP contribution in [0.15, 0.2) is 85.1 Å². The van der Waals surface area contributed by atoms with Crippen LogP contribution < -0.4 is 4.90 Å². The summed E-state index contributed by atoms with van der Waals surface area (Å²) in [6.07, 6.45) is 7.11. The quantitative estimate of drug-likeness (QED) is 0.573. The van der Waals surface area contributed by atoms with Crippen molar-refractivity contribution >= 4 is 11.6 Å². The number of aromatic nitrogens is 1. The number of halogens is 1. The summed E-state index contributed by atoms with van der Waals surface area (Å²) in [6.45, 7) is 3.91. The number of pyridine rings is 1. The Morgan fingerprint density at radius 1 is 1.09 bits per heavy atom. The number of carbonyl (C=O) groups is 1. The Balaban J connectivity index is 1.34. The molecule has 1 spiro atoms. The molecule has 32 heavy (non-hydrogen) atoms. The molecule has 0 bridgehead atoms. The number of benzene rings is 2. The van der Waals surface area contributed by atoms with E-state index in [-0.39, 0.29) is 17.8 Å². The number of carbonyl (C=O) groups excluding carboxylic acids is 1. The Labute approximate surface area is 188 Å². The number of hydrogen-bond acceptors (Lipinski definition) is 3. The van der Waals surface area contributed by atoms with Crippen molar-refractivity contribution in [1.82, 2.24) is 9.88 Å². The Bertz CT molecular complexity index is 1160. The van der Waals surface area contributed by atoms with Crippen molar-refractivity contribution in [2.45, 2.75) is 37.9 Å². The van der Waals surface area contributed by atoms with E-state index in [9.17, 15) is 9.18 Å². The highest BCUT2D eigenvalue weighted by atomic mass is 19.1. The molecule has 5 rings (SSSR count). The van der Waals surface area contributed by atoms with Gasteiger partial charge in [-0.05, 0) is 61.7 Å². The van der Waals surface area contributed by atoms with E-state index in [1.54, 1.807) is 17.0 Å². The van der Waals surface area contributed by atoms with Crippen molar-refractivity contribution < 1.29 is 9.18 Å². The predicted octanol–water partition coefficient (Wildman–Crippen LogP) is 5.21. The van der Waals surface area contributed by atoms with Crippen molar-refractivity contribution in [2.24, 2.45) is 0 Å². The summed E-state index contributed by atoms with van der Waals surface area (Å²) in [5.41, 5.74) is 3.57. The first-order valence-corrected chi connectivity index (χ1v) is 11.1. The number of rotatable bonds is 4. The van der Waals surface area contributed by atoms with E-state index in [1.165, 1.54) is 17.7 Å². The molecular formula is C27H26FN3O. The summed E-state index contributed by atoms with van der Waals surface area (Å²) in [5.74, 6) is -0.394. The molecular weight excluding hydrogens is 401 g/mol. The first-order valence-electron chi connectivity index (χ1n) is 11.1. The van der Waals surface area contributed by atoms with Gasteiger partial charge in [0.2, 0.25) is 0 Å². The second-order valence-corrected chi connectivity index (χ2v) is 8.78. The molecule has 2 atom stereocenters. The molecule has 162 valence electrons. The monoisotopic (exact) mass is 427 g/mol. The van der Waals surface area contributed by atoms with Crippen LogP contribution in [0.4, 0.5) is 10.1 Å². The van der Waals surface area contributed by atoms with Crippen molar-refractivity contribution in [2.75, 3.05) is 11.4 Å². The zero-order valence-corrected chi connectivity index (χ0v) is 18.1. The molecule has 0 saturated carbocycles.